The number of aliphatic hydroxyl groups is 2. The number of nitrogens with zero attached hydrogens (tertiary/aromatic N) is 5. The molecule has 190 valence electrons. The van der Waals surface area contributed by atoms with E-state index in [9.17, 15) is 14.8 Å². The average Bonchev–Trinajstić information content (AvgIpc) is 3.29. The molecule has 0 radical (unpaired) electrons. The van der Waals surface area contributed by atoms with Gasteiger partial charge in [0.15, 0.2) is 22.8 Å². The fraction of sp³-hybridized carbons (Fsp3) is 0.706. The van der Waals surface area contributed by atoms with Crippen molar-refractivity contribution in [3.8, 4) is 0 Å². The number of nitrogen functional groups attached to an aromatic ring is 1. The van der Waals surface area contributed by atoms with Crippen molar-refractivity contribution in [1.82, 2.24) is 24.4 Å². The molecule has 0 amide bonds. The van der Waals surface area contributed by atoms with Crippen molar-refractivity contribution in [3.05, 3.63) is 6.33 Å². The third kappa shape index (κ3) is 7.55. The van der Waals surface area contributed by atoms with E-state index < -0.39 is 39.0 Å². The molecule has 16 heteroatoms. The topological polar surface area (TPSA) is 221 Å². The maximum atomic E-state index is 10.8. The predicted octanol–water partition coefficient (Wildman–Crippen LogP) is -0.618. The zero-order chi connectivity index (χ0) is 24.1. The van der Waals surface area contributed by atoms with E-state index in [0.717, 1.165) is 0 Å². The van der Waals surface area contributed by atoms with Gasteiger partial charge in [-0.15, -0.1) is 0 Å². The fourth-order valence-electron chi connectivity index (χ4n) is 3.13. The summed E-state index contributed by atoms with van der Waals surface area (Å²) in [5, 5.41) is 20.7. The molecule has 3 rings (SSSR count). The van der Waals surface area contributed by atoms with Crippen LogP contribution in [0.3, 0.4) is 0 Å². The number of phosphoric ester groups is 1. The Kier molecular flexibility index (Phi) is 11.6. The van der Waals surface area contributed by atoms with Gasteiger partial charge in [-0.05, 0) is 25.9 Å². The molecule has 33 heavy (non-hydrogen) atoms. The van der Waals surface area contributed by atoms with Gasteiger partial charge < -0.3 is 40.8 Å². The number of fused-ring (bicyclic) bond motifs is 1. The summed E-state index contributed by atoms with van der Waals surface area (Å²) >= 11 is 1.26. The Labute approximate surface area is 195 Å². The molecule has 2 aromatic rings. The first-order valence-corrected chi connectivity index (χ1v) is 12.8. The molecule has 1 aliphatic heterocycles. The minimum Gasteiger partial charge on any atom is -0.412 e. The van der Waals surface area contributed by atoms with Crippen LogP contribution in [0.2, 0.25) is 0 Å². The number of nitrogens with two attached hydrogens (primary N) is 1. The molecule has 0 spiro atoms. The van der Waals surface area contributed by atoms with Gasteiger partial charge in [0.2, 0.25) is 0 Å². The van der Waals surface area contributed by atoms with Gasteiger partial charge in [-0.25, -0.2) is 19.5 Å². The Hall–Kier alpha value is -1.39. The lowest BCUT2D eigenvalue weighted by Crippen LogP contribution is -2.33. The summed E-state index contributed by atoms with van der Waals surface area (Å²) in [6, 6.07) is 0. The van der Waals surface area contributed by atoms with Crippen molar-refractivity contribution in [1.29, 1.82) is 0 Å². The summed E-state index contributed by atoms with van der Waals surface area (Å²) in [7, 11) is -4.73. The smallest absolute Gasteiger partial charge is 0.412 e. The summed E-state index contributed by atoms with van der Waals surface area (Å²) in [4.78, 5) is 32.3. The molecular weight excluding hydrogens is 479 g/mol. The predicted molar refractivity (Wildman–Crippen MR) is 123 cm³/mol. The Morgan fingerprint density at radius 3 is 2.30 bits per heavy atom. The van der Waals surface area contributed by atoms with E-state index in [1.807, 2.05) is 0 Å². The van der Waals surface area contributed by atoms with Crippen LogP contribution in [-0.4, -0.2) is 101 Å². The Bertz CT molecular complexity index is 921. The van der Waals surface area contributed by atoms with Crippen LogP contribution in [0.5, 0.6) is 0 Å². The molecular formula is C17H33N6O8PS. The van der Waals surface area contributed by atoms with Crippen molar-refractivity contribution >= 4 is 36.6 Å². The zero-order valence-corrected chi connectivity index (χ0v) is 20.6. The average molecular weight is 513 g/mol. The number of hydrogen-bond donors (Lipinski definition) is 5. The highest BCUT2D eigenvalue weighted by Gasteiger charge is 2.45. The summed E-state index contributed by atoms with van der Waals surface area (Å²) in [5.41, 5.74) is 6.43. The number of aromatic nitrogens is 4. The van der Waals surface area contributed by atoms with Crippen LogP contribution in [0.15, 0.2) is 11.5 Å². The molecule has 0 aliphatic carbocycles. The number of aliphatic hydroxyl groups excluding tert-OH is 2. The highest BCUT2D eigenvalue weighted by Crippen LogP contribution is 2.39. The van der Waals surface area contributed by atoms with Crippen molar-refractivity contribution in [2.24, 2.45) is 0 Å². The first-order valence-electron chi connectivity index (χ1n) is 10.0. The Morgan fingerprint density at radius 2 is 1.82 bits per heavy atom. The third-order valence-corrected chi connectivity index (χ3v) is 6.00. The van der Waals surface area contributed by atoms with Crippen LogP contribution in [-0.2, 0) is 13.8 Å². The van der Waals surface area contributed by atoms with Crippen molar-refractivity contribution < 1.29 is 39.3 Å². The maximum absolute atomic E-state index is 10.8. The quantitative estimate of drug-likeness (QED) is 0.169. The molecule has 1 aliphatic rings. The number of hydrogen-bond acceptors (Lipinski definition) is 11. The second kappa shape index (κ2) is 12.9. The lowest BCUT2D eigenvalue weighted by Gasteiger charge is -2.16. The van der Waals surface area contributed by atoms with Crippen molar-refractivity contribution in [2.75, 3.05) is 38.2 Å². The molecule has 14 nitrogen and oxygen atoms in total. The number of thioether (sulfide) groups is 1. The lowest BCUT2D eigenvalue weighted by molar-refractivity contribution is -0.0504. The van der Waals surface area contributed by atoms with Crippen LogP contribution in [0.1, 0.15) is 27.0 Å². The van der Waals surface area contributed by atoms with Gasteiger partial charge in [-0.2, -0.15) is 0 Å². The fourth-order valence-corrected chi connectivity index (χ4v) is 3.84. The summed E-state index contributed by atoms with van der Waals surface area (Å²) in [6.07, 6.45) is -1.96. The van der Waals surface area contributed by atoms with E-state index in [1.54, 1.807) is 6.26 Å². The molecule has 0 bridgehead atoms. The van der Waals surface area contributed by atoms with Crippen molar-refractivity contribution in [2.45, 2.75) is 50.5 Å². The van der Waals surface area contributed by atoms with Crippen LogP contribution in [0, 0.1) is 0 Å². The van der Waals surface area contributed by atoms with E-state index in [2.05, 4.69) is 45.1 Å². The molecule has 3 heterocycles. The van der Waals surface area contributed by atoms with Gasteiger partial charge in [0, 0.05) is 0 Å². The van der Waals surface area contributed by atoms with Gasteiger partial charge in [0.25, 0.3) is 0 Å². The second-order valence-electron chi connectivity index (χ2n) is 6.87. The lowest BCUT2D eigenvalue weighted by atomic mass is 10.1. The number of rotatable bonds is 8. The number of anilines is 1. The Balaban J connectivity index is 0.000000595. The summed E-state index contributed by atoms with van der Waals surface area (Å²) in [5.74, 6) is 0.155. The molecule has 4 unspecified atom stereocenters. The first kappa shape index (κ1) is 29.6. The van der Waals surface area contributed by atoms with Gasteiger partial charge in [0.05, 0.1) is 12.9 Å². The third-order valence-electron chi connectivity index (χ3n) is 4.97. The standard InChI is InChI=1S/C11H16N5O7PS.C6H15N.H2O/c1-25-11-14-8(12)5-9(15-11)16(3-13-5)10-7(18)6(17)4(23-10)2-22-24(19,20)21;1-4-7(5-2)6-3;/h3-4,6-7,10,17-18H,2H2,1H3,(H2,12,14,15)(H2,19,20,21);4-6H2,1-3H3;1H2. The largest absolute Gasteiger partial charge is 0.469 e. The van der Waals surface area contributed by atoms with Gasteiger partial charge in [0.1, 0.15) is 23.8 Å². The highest BCUT2D eigenvalue weighted by atomic mass is 32.2. The summed E-state index contributed by atoms with van der Waals surface area (Å²) in [6.45, 7) is 9.53. The number of imidazole rings is 1. The zero-order valence-electron chi connectivity index (χ0n) is 18.9. The molecule has 0 aromatic carbocycles. The van der Waals surface area contributed by atoms with E-state index in [0.29, 0.717) is 16.3 Å². The SMILES string of the molecule is CCN(CC)CC.CSc1nc(N)c2ncn(C3OC(COP(=O)(O)O)C(O)C3O)c2n1.O. The van der Waals surface area contributed by atoms with Crippen molar-refractivity contribution in [3.63, 3.8) is 0 Å². The molecule has 4 atom stereocenters. The Morgan fingerprint density at radius 1 is 1.21 bits per heavy atom. The number of ether oxygens (including phenoxy) is 1. The van der Waals surface area contributed by atoms with Crippen LogP contribution in [0.4, 0.5) is 5.82 Å². The monoisotopic (exact) mass is 512 g/mol. The molecule has 1 saturated heterocycles. The molecule has 2 aromatic heterocycles. The maximum Gasteiger partial charge on any atom is 0.469 e. The first-order chi connectivity index (χ1) is 15.1. The molecule has 1 fully saturated rings. The van der Waals surface area contributed by atoms with E-state index >= 15 is 0 Å². The van der Waals surface area contributed by atoms with Gasteiger partial charge in [-0.1, -0.05) is 32.5 Å². The summed E-state index contributed by atoms with van der Waals surface area (Å²) < 4.78 is 22.0. The minimum absolute atomic E-state index is 0. The molecule has 0 saturated carbocycles. The van der Waals surface area contributed by atoms with Crippen LogP contribution in [0.25, 0.3) is 11.2 Å². The normalized spacial score (nSPS) is 22.8. The van der Waals surface area contributed by atoms with Crippen LogP contribution >= 0.6 is 19.6 Å². The minimum atomic E-state index is -4.73. The van der Waals surface area contributed by atoms with E-state index in [4.69, 9.17) is 20.3 Å². The number of phosphoric acid groups is 1. The van der Waals surface area contributed by atoms with Gasteiger partial charge in [-0.3, -0.25) is 9.09 Å². The van der Waals surface area contributed by atoms with E-state index in [-0.39, 0.29) is 11.3 Å². The second-order valence-corrected chi connectivity index (χ2v) is 8.88. The van der Waals surface area contributed by atoms with Gasteiger partial charge >= 0.3 is 7.82 Å². The molecule has 8 N–H and O–H groups in total. The van der Waals surface area contributed by atoms with Crippen LogP contribution < -0.4 is 5.73 Å². The van der Waals surface area contributed by atoms with E-state index in [1.165, 1.54) is 42.3 Å². The highest BCUT2D eigenvalue weighted by molar-refractivity contribution is 7.98.